The van der Waals surface area contributed by atoms with Crippen LogP contribution in [0, 0.1) is 18.3 Å². The van der Waals surface area contributed by atoms with E-state index < -0.39 is 11.4 Å². The van der Waals surface area contributed by atoms with Gasteiger partial charge in [-0.3, -0.25) is 14.4 Å². The van der Waals surface area contributed by atoms with Crippen LogP contribution < -0.4 is 10.6 Å². The third kappa shape index (κ3) is 3.42. The Bertz CT molecular complexity index is 690. The quantitative estimate of drug-likeness (QED) is 0.747. The van der Waals surface area contributed by atoms with E-state index in [2.05, 4.69) is 10.6 Å². The van der Waals surface area contributed by atoms with Crippen molar-refractivity contribution in [2.45, 2.75) is 45.4 Å². The Morgan fingerprint density at radius 2 is 1.92 bits per heavy atom. The normalized spacial score (nSPS) is 18.4. The molecular weight excluding hydrogens is 308 g/mol. The summed E-state index contributed by atoms with van der Waals surface area (Å²) in [7, 11) is 0. The molecule has 0 heterocycles. The molecule has 6 heteroatoms. The summed E-state index contributed by atoms with van der Waals surface area (Å²) >= 11 is 0. The molecule has 0 radical (unpaired) electrons. The Morgan fingerprint density at radius 3 is 2.46 bits per heavy atom. The molecule has 2 saturated carbocycles. The minimum Gasteiger partial charge on any atom is -0.481 e. The molecule has 0 atom stereocenters. The first-order valence-electron chi connectivity index (χ1n) is 8.34. The number of nitrogens with one attached hydrogen (secondary N) is 2. The molecule has 0 aliphatic heterocycles. The lowest BCUT2D eigenvalue weighted by atomic mass is 9.66. The van der Waals surface area contributed by atoms with E-state index in [1.54, 1.807) is 12.1 Å². The third-order valence-corrected chi connectivity index (χ3v) is 4.99. The highest BCUT2D eigenvalue weighted by molar-refractivity contribution is 5.97. The molecule has 2 aliphatic rings. The Morgan fingerprint density at radius 1 is 1.21 bits per heavy atom. The molecule has 2 aliphatic carbocycles. The Balaban J connectivity index is 1.66. The summed E-state index contributed by atoms with van der Waals surface area (Å²) in [6, 6.07) is 5.35. The number of rotatable bonds is 6. The number of aliphatic carboxylic acids is 1. The summed E-state index contributed by atoms with van der Waals surface area (Å²) in [4.78, 5) is 35.5. The van der Waals surface area contributed by atoms with Crippen LogP contribution in [-0.2, 0) is 14.4 Å². The average Bonchev–Trinajstić information content (AvgIpc) is 3.30. The van der Waals surface area contributed by atoms with Crippen LogP contribution in [0.25, 0.3) is 0 Å². The van der Waals surface area contributed by atoms with Gasteiger partial charge >= 0.3 is 5.97 Å². The van der Waals surface area contributed by atoms with Crippen molar-refractivity contribution in [2.24, 2.45) is 11.3 Å². The van der Waals surface area contributed by atoms with Gasteiger partial charge in [0.15, 0.2) is 0 Å². The molecule has 1 aromatic carbocycles. The van der Waals surface area contributed by atoms with Gasteiger partial charge in [-0.25, -0.2) is 0 Å². The average molecular weight is 330 g/mol. The molecule has 6 nitrogen and oxygen atoms in total. The van der Waals surface area contributed by atoms with E-state index in [-0.39, 0.29) is 24.2 Å². The fraction of sp³-hybridized carbons (Fsp3) is 0.500. The van der Waals surface area contributed by atoms with Crippen LogP contribution >= 0.6 is 0 Å². The number of anilines is 2. The van der Waals surface area contributed by atoms with Crippen LogP contribution in [0.15, 0.2) is 18.2 Å². The van der Waals surface area contributed by atoms with E-state index in [4.69, 9.17) is 0 Å². The van der Waals surface area contributed by atoms with Gasteiger partial charge in [-0.15, -0.1) is 0 Å². The van der Waals surface area contributed by atoms with Gasteiger partial charge in [0.2, 0.25) is 11.8 Å². The molecule has 0 bridgehead atoms. The zero-order valence-electron chi connectivity index (χ0n) is 13.7. The van der Waals surface area contributed by atoms with Gasteiger partial charge in [-0.1, -0.05) is 12.5 Å². The number of carboxylic acid groups (broad SMARTS) is 1. The van der Waals surface area contributed by atoms with Crippen molar-refractivity contribution < 1.29 is 19.5 Å². The summed E-state index contributed by atoms with van der Waals surface area (Å²) in [5.74, 6) is -1.08. The molecule has 0 spiro atoms. The van der Waals surface area contributed by atoms with Crippen molar-refractivity contribution in [3.05, 3.63) is 23.8 Å². The number of carbonyl (C=O) groups excluding carboxylic acids is 2. The topological polar surface area (TPSA) is 95.5 Å². The Labute approximate surface area is 140 Å². The summed E-state index contributed by atoms with van der Waals surface area (Å²) in [6.07, 6.45) is 3.79. The molecular formula is C18H22N2O4. The fourth-order valence-electron chi connectivity index (χ4n) is 3.00. The van der Waals surface area contributed by atoms with Crippen molar-refractivity contribution in [1.82, 2.24) is 0 Å². The van der Waals surface area contributed by atoms with Crippen LogP contribution in [0.1, 0.15) is 44.1 Å². The number of carbonyl (C=O) groups is 3. The highest BCUT2D eigenvalue weighted by Gasteiger charge is 2.45. The first kappa shape index (κ1) is 16.5. The predicted molar refractivity (Wildman–Crippen MR) is 89.7 cm³/mol. The molecule has 3 rings (SSSR count). The monoisotopic (exact) mass is 330 g/mol. The second-order valence-corrected chi connectivity index (χ2v) is 6.96. The van der Waals surface area contributed by atoms with E-state index in [0.717, 1.165) is 24.8 Å². The van der Waals surface area contributed by atoms with E-state index in [9.17, 15) is 19.5 Å². The SMILES string of the molecule is Cc1ccc(NC(=O)C2CC2)cc1NC(=O)CC1(C(=O)O)CCC1. The van der Waals surface area contributed by atoms with E-state index >= 15 is 0 Å². The van der Waals surface area contributed by atoms with E-state index in [1.807, 2.05) is 13.0 Å². The minimum atomic E-state index is -0.907. The lowest BCUT2D eigenvalue weighted by Gasteiger charge is -2.36. The number of hydrogen-bond donors (Lipinski definition) is 3. The number of amides is 2. The lowest BCUT2D eigenvalue weighted by molar-refractivity contribution is -0.157. The highest BCUT2D eigenvalue weighted by atomic mass is 16.4. The standard InChI is InChI=1S/C18H22N2O4/c1-11-3-6-13(19-16(22)12-4-5-12)9-14(11)20-15(21)10-18(17(23)24)7-2-8-18/h3,6,9,12H,2,4-5,7-8,10H2,1H3,(H,19,22)(H,20,21)(H,23,24). The zero-order valence-corrected chi connectivity index (χ0v) is 13.7. The summed E-state index contributed by atoms with van der Waals surface area (Å²) in [6.45, 7) is 1.86. The second kappa shape index (κ2) is 6.26. The Hall–Kier alpha value is -2.37. The lowest BCUT2D eigenvalue weighted by Crippen LogP contribution is -2.41. The molecule has 2 fully saturated rings. The van der Waals surface area contributed by atoms with Crippen LogP contribution in [0.5, 0.6) is 0 Å². The van der Waals surface area contributed by atoms with Gasteiger partial charge in [-0.2, -0.15) is 0 Å². The van der Waals surface area contributed by atoms with Gasteiger partial charge in [0.05, 0.1) is 5.41 Å². The summed E-state index contributed by atoms with van der Waals surface area (Å²) in [5.41, 5.74) is 1.21. The first-order chi connectivity index (χ1) is 11.4. The minimum absolute atomic E-state index is 0.00966. The highest BCUT2D eigenvalue weighted by Crippen LogP contribution is 2.44. The van der Waals surface area contributed by atoms with Crippen LogP contribution in [0.4, 0.5) is 11.4 Å². The fourth-order valence-corrected chi connectivity index (χ4v) is 3.00. The van der Waals surface area contributed by atoms with Gasteiger partial charge < -0.3 is 15.7 Å². The van der Waals surface area contributed by atoms with E-state index in [0.29, 0.717) is 24.2 Å². The molecule has 3 N–H and O–H groups in total. The predicted octanol–water partition coefficient (Wildman–Crippen LogP) is 2.93. The van der Waals surface area contributed by atoms with Crippen molar-refractivity contribution in [1.29, 1.82) is 0 Å². The van der Waals surface area contributed by atoms with E-state index in [1.165, 1.54) is 0 Å². The van der Waals surface area contributed by atoms with Crippen LogP contribution in [0.2, 0.25) is 0 Å². The molecule has 1 aromatic rings. The molecule has 24 heavy (non-hydrogen) atoms. The smallest absolute Gasteiger partial charge is 0.310 e. The molecule has 0 aromatic heterocycles. The van der Waals surface area contributed by atoms with Crippen LogP contribution in [-0.4, -0.2) is 22.9 Å². The van der Waals surface area contributed by atoms with Crippen molar-refractivity contribution in [2.75, 3.05) is 10.6 Å². The largest absolute Gasteiger partial charge is 0.481 e. The maximum absolute atomic E-state index is 12.3. The molecule has 0 unspecified atom stereocenters. The summed E-state index contributed by atoms with van der Waals surface area (Å²) in [5, 5.41) is 15.0. The maximum Gasteiger partial charge on any atom is 0.310 e. The Kier molecular flexibility index (Phi) is 4.30. The first-order valence-corrected chi connectivity index (χ1v) is 8.34. The molecule has 0 saturated heterocycles. The van der Waals surface area contributed by atoms with Crippen molar-refractivity contribution >= 4 is 29.2 Å². The molecule has 2 amide bonds. The van der Waals surface area contributed by atoms with Gasteiger partial charge in [0.1, 0.15) is 0 Å². The van der Waals surface area contributed by atoms with Gasteiger partial charge in [0, 0.05) is 23.7 Å². The third-order valence-electron chi connectivity index (χ3n) is 4.99. The van der Waals surface area contributed by atoms with Gasteiger partial charge in [-0.05, 0) is 50.3 Å². The summed E-state index contributed by atoms with van der Waals surface area (Å²) < 4.78 is 0. The number of hydrogen-bond acceptors (Lipinski definition) is 3. The number of carboxylic acids is 1. The van der Waals surface area contributed by atoms with Gasteiger partial charge in [0.25, 0.3) is 0 Å². The molecule has 128 valence electrons. The van der Waals surface area contributed by atoms with Crippen LogP contribution in [0.3, 0.4) is 0 Å². The zero-order chi connectivity index (χ0) is 17.3. The van der Waals surface area contributed by atoms with Crippen molar-refractivity contribution in [3.63, 3.8) is 0 Å². The maximum atomic E-state index is 12.3. The van der Waals surface area contributed by atoms with Crippen molar-refractivity contribution in [3.8, 4) is 0 Å². The second-order valence-electron chi connectivity index (χ2n) is 6.96. The number of benzene rings is 1. The number of aryl methyl sites for hydroxylation is 1.